The van der Waals surface area contributed by atoms with Gasteiger partial charge in [-0.2, -0.15) is 13.2 Å². The van der Waals surface area contributed by atoms with Crippen molar-refractivity contribution in [3.63, 3.8) is 0 Å². The van der Waals surface area contributed by atoms with Crippen molar-refractivity contribution in [1.82, 2.24) is 0 Å². The third kappa shape index (κ3) is 4.76. The third-order valence-corrected chi connectivity index (χ3v) is 6.87. The predicted octanol–water partition coefficient (Wildman–Crippen LogP) is 7.46. The van der Waals surface area contributed by atoms with Gasteiger partial charge in [-0.25, -0.2) is 0 Å². The topological polar surface area (TPSA) is 49.7 Å². The summed E-state index contributed by atoms with van der Waals surface area (Å²) >= 11 is 0. The Morgan fingerprint density at radius 2 is 1.76 bits per heavy atom. The van der Waals surface area contributed by atoms with E-state index in [9.17, 15) is 23.4 Å². The summed E-state index contributed by atoms with van der Waals surface area (Å²) in [7, 11) is 0. The first-order valence-electron chi connectivity index (χ1n) is 12.0. The van der Waals surface area contributed by atoms with Crippen molar-refractivity contribution in [2.45, 2.75) is 89.7 Å². The second kappa shape index (κ2) is 9.04. The highest BCUT2D eigenvalue weighted by atomic mass is 19.4. The van der Waals surface area contributed by atoms with Crippen molar-refractivity contribution in [3.05, 3.63) is 69.8 Å². The Hall–Kier alpha value is -2.31. The fourth-order valence-electron chi connectivity index (χ4n) is 5.24. The van der Waals surface area contributed by atoms with Gasteiger partial charge in [-0.3, -0.25) is 0 Å². The van der Waals surface area contributed by atoms with Crippen molar-refractivity contribution in [3.8, 4) is 5.75 Å². The highest BCUT2D eigenvalue weighted by Crippen LogP contribution is 2.50. The highest BCUT2D eigenvalue weighted by molar-refractivity contribution is 5.77. The van der Waals surface area contributed by atoms with Crippen LogP contribution >= 0.6 is 0 Å². The van der Waals surface area contributed by atoms with Gasteiger partial charge in [-0.05, 0) is 91.5 Å². The Morgan fingerprint density at radius 1 is 1.09 bits per heavy atom. The van der Waals surface area contributed by atoms with E-state index in [2.05, 4.69) is 6.08 Å². The minimum absolute atomic E-state index is 0.0260. The summed E-state index contributed by atoms with van der Waals surface area (Å²) in [5, 5.41) is 22.8. The van der Waals surface area contributed by atoms with Crippen LogP contribution in [0.1, 0.15) is 111 Å². The van der Waals surface area contributed by atoms with E-state index in [0.29, 0.717) is 28.9 Å². The second-order valence-corrected chi connectivity index (χ2v) is 10.4. The second-order valence-electron chi connectivity index (χ2n) is 10.4. The molecule has 2 atom stereocenters. The molecule has 2 N–H and O–H groups in total. The highest BCUT2D eigenvalue weighted by Gasteiger charge is 2.38. The monoisotopic (exact) mass is 474 g/mol. The molecule has 0 saturated carbocycles. The van der Waals surface area contributed by atoms with Crippen LogP contribution in [0.15, 0.2) is 36.4 Å². The number of hydrogen-bond donors (Lipinski definition) is 2. The van der Waals surface area contributed by atoms with E-state index < -0.39 is 29.5 Å². The standard InChI is InChI=1S/C28H33F3O3/c1-16(2)20-14-22-25(21(32)15-27(3,4)34-22)23(17-8-6-5-7-9-17)24(20)26(33)18-10-12-19(13-11-18)28(29,30)31/h8,10-14,16,21,26,32-33H,5-7,9,15H2,1-4H3. The van der Waals surface area contributed by atoms with Crippen LogP contribution < -0.4 is 4.74 Å². The first-order valence-corrected chi connectivity index (χ1v) is 12.0. The zero-order chi connectivity index (χ0) is 24.8. The molecule has 0 radical (unpaired) electrons. The number of benzene rings is 2. The molecular weight excluding hydrogens is 441 g/mol. The third-order valence-electron chi connectivity index (χ3n) is 6.87. The van der Waals surface area contributed by atoms with Gasteiger partial charge in [0.05, 0.1) is 11.7 Å². The number of aliphatic hydroxyl groups excluding tert-OH is 2. The summed E-state index contributed by atoms with van der Waals surface area (Å²) in [4.78, 5) is 0. The molecule has 1 heterocycles. The zero-order valence-electron chi connectivity index (χ0n) is 20.2. The van der Waals surface area contributed by atoms with Gasteiger partial charge in [-0.1, -0.05) is 32.1 Å². The zero-order valence-corrected chi connectivity index (χ0v) is 20.2. The largest absolute Gasteiger partial charge is 0.487 e. The fourth-order valence-corrected chi connectivity index (χ4v) is 5.24. The summed E-state index contributed by atoms with van der Waals surface area (Å²) < 4.78 is 45.6. The van der Waals surface area contributed by atoms with E-state index in [4.69, 9.17) is 4.74 Å². The van der Waals surface area contributed by atoms with E-state index in [1.54, 1.807) is 0 Å². The molecule has 2 aliphatic rings. The van der Waals surface area contributed by atoms with Crippen molar-refractivity contribution in [2.24, 2.45) is 0 Å². The first-order chi connectivity index (χ1) is 15.9. The lowest BCUT2D eigenvalue weighted by atomic mass is 9.76. The van der Waals surface area contributed by atoms with Crippen LogP contribution in [0.25, 0.3) is 5.57 Å². The van der Waals surface area contributed by atoms with E-state index in [0.717, 1.165) is 54.5 Å². The average molecular weight is 475 g/mol. The lowest BCUT2D eigenvalue weighted by Gasteiger charge is -2.39. The van der Waals surface area contributed by atoms with E-state index in [-0.39, 0.29) is 5.92 Å². The number of halogens is 3. The smallest absolute Gasteiger partial charge is 0.416 e. The lowest BCUT2D eigenvalue weighted by molar-refractivity contribution is -0.137. The number of hydrogen-bond acceptors (Lipinski definition) is 3. The van der Waals surface area contributed by atoms with Crippen LogP contribution in [0.2, 0.25) is 0 Å². The normalized spacial score (nSPS) is 21.0. The summed E-state index contributed by atoms with van der Waals surface area (Å²) in [6.45, 7) is 7.93. The number of rotatable bonds is 4. The Morgan fingerprint density at radius 3 is 2.32 bits per heavy atom. The molecule has 0 saturated heterocycles. The Kier molecular flexibility index (Phi) is 6.60. The maximum atomic E-state index is 13.1. The van der Waals surface area contributed by atoms with Crippen molar-refractivity contribution in [2.75, 3.05) is 0 Å². The van der Waals surface area contributed by atoms with Gasteiger partial charge in [-0.15, -0.1) is 0 Å². The van der Waals surface area contributed by atoms with E-state index in [1.165, 1.54) is 12.1 Å². The van der Waals surface area contributed by atoms with E-state index in [1.807, 2.05) is 33.8 Å². The first kappa shape index (κ1) is 24.8. The Balaban J connectivity index is 1.95. The molecule has 2 unspecified atom stereocenters. The molecule has 1 aliphatic carbocycles. The molecule has 2 aromatic carbocycles. The molecule has 3 nitrogen and oxygen atoms in total. The fraction of sp³-hybridized carbons (Fsp3) is 0.500. The van der Waals surface area contributed by atoms with Crippen LogP contribution in [-0.4, -0.2) is 15.8 Å². The van der Waals surface area contributed by atoms with Crippen LogP contribution in [0.4, 0.5) is 13.2 Å². The van der Waals surface area contributed by atoms with Gasteiger partial charge in [0.15, 0.2) is 0 Å². The summed E-state index contributed by atoms with van der Waals surface area (Å²) in [5.41, 5.74) is 3.18. The SMILES string of the molecule is CC(C)c1cc2c(c(C3=CCCCC3)c1C(O)c1ccc(C(F)(F)F)cc1)C(O)CC(C)(C)O2. The van der Waals surface area contributed by atoms with Gasteiger partial charge in [0, 0.05) is 12.0 Å². The molecule has 34 heavy (non-hydrogen) atoms. The Bertz CT molecular complexity index is 1080. The molecule has 6 heteroatoms. The van der Waals surface area contributed by atoms with Crippen LogP contribution in [0.5, 0.6) is 5.75 Å². The molecule has 184 valence electrons. The number of fused-ring (bicyclic) bond motifs is 1. The minimum Gasteiger partial charge on any atom is -0.487 e. The van der Waals surface area contributed by atoms with Gasteiger partial charge in [0.1, 0.15) is 17.5 Å². The van der Waals surface area contributed by atoms with Crippen molar-refractivity contribution >= 4 is 5.57 Å². The van der Waals surface area contributed by atoms with E-state index >= 15 is 0 Å². The van der Waals surface area contributed by atoms with Crippen LogP contribution in [0.3, 0.4) is 0 Å². The Labute approximate surface area is 199 Å². The molecule has 0 bridgehead atoms. The molecule has 0 fully saturated rings. The number of ether oxygens (including phenoxy) is 1. The number of allylic oxidation sites excluding steroid dienone is 2. The molecule has 4 rings (SSSR count). The predicted molar refractivity (Wildman–Crippen MR) is 127 cm³/mol. The van der Waals surface area contributed by atoms with Crippen molar-refractivity contribution < 1.29 is 28.1 Å². The van der Waals surface area contributed by atoms with Crippen LogP contribution in [-0.2, 0) is 6.18 Å². The van der Waals surface area contributed by atoms with Gasteiger partial charge >= 0.3 is 6.18 Å². The molecule has 1 aliphatic heterocycles. The maximum absolute atomic E-state index is 13.1. The summed E-state index contributed by atoms with van der Waals surface area (Å²) in [6, 6.07) is 6.59. The summed E-state index contributed by atoms with van der Waals surface area (Å²) in [6.07, 6.45) is 0.0516. The van der Waals surface area contributed by atoms with Gasteiger partial charge in [0.25, 0.3) is 0 Å². The number of aliphatic hydroxyl groups is 2. The lowest BCUT2D eigenvalue weighted by Crippen LogP contribution is -2.36. The average Bonchev–Trinajstić information content (AvgIpc) is 2.76. The van der Waals surface area contributed by atoms with Crippen LogP contribution in [0, 0.1) is 0 Å². The molecule has 0 aromatic heterocycles. The van der Waals surface area contributed by atoms with Gasteiger partial charge < -0.3 is 14.9 Å². The maximum Gasteiger partial charge on any atom is 0.416 e. The molecule has 0 spiro atoms. The molecule has 0 amide bonds. The molecule has 2 aromatic rings. The molecular formula is C28H33F3O3. The minimum atomic E-state index is -4.44. The number of alkyl halides is 3. The van der Waals surface area contributed by atoms with Crippen molar-refractivity contribution in [1.29, 1.82) is 0 Å². The summed E-state index contributed by atoms with van der Waals surface area (Å²) in [5.74, 6) is 0.649. The quantitative estimate of drug-likeness (QED) is 0.483. The van der Waals surface area contributed by atoms with Gasteiger partial charge in [0.2, 0.25) is 0 Å².